The molecule has 4 aromatic rings. The smallest absolute Gasteiger partial charge is 0.167 e. The Balaban J connectivity index is 1.52. The molecule has 0 spiro atoms. The van der Waals surface area contributed by atoms with Gasteiger partial charge in [-0.25, -0.2) is 9.97 Å². The molecule has 1 aromatic heterocycles. The fraction of sp³-hybridized carbons (Fsp3) is 0.276. The number of aliphatic hydroxyl groups excluding tert-OH is 1. The van der Waals surface area contributed by atoms with Gasteiger partial charge in [-0.05, 0) is 44.4 Å². The van der Waals surface area contributed by atoms with Gasteiger partial charge in [0.05, 0.1) is 28.2 Å². The van der Waals surface area contributed by atoms with Crippen molar-refractivity contribution in [1.29, 1.82) is 0 Å². The molecule has 1 aliphatic carbocycles. The van der Waals surface area contributed by atoms with Crippen molar-refractivity contribution in [3.63, 3.8) is 0 Å². The van der Waals surface area contributed by atoms with Gasteiger partial charge in [0.15, 0.2) is 5.78 Å². The number of nitrogens with zero attached hydrogens (tertiary/aromatic N) is 2. The molecule has 2 aliphatic rings. The molecule has 34 heavy (non-hydrogen) atoms. The highest BCUT2D eigenvalue weighted by Crippen LogP contribution is 2.34. The predicted molar refractivity (Wildman–Crippen MR) is 133 cm³/mol. The molecule has 1 atom stereocenters. The van der Waals surface area contributed by atoms with E-state index in [0.717, 1.165) is 62.2 Å². The Hall–Kier alpha value is -3.57. The van der Waals surface area contributed by atoms with E-state index >= 15 is 0 Å². The summed E-state index contributed by atoms with van der Waals surface area (Å²) < 4.78 is 6.35. The second-order valence-corrected chi connectivity index (χ2v) is 9.76. The molecule has 0 bridgehead atoms. The van der Waals surface area contributed by atoms with Crippen molar-refractivity contribution in [3.05, 3.63) is 75.7 Å². The van der Waals surface area contributed by atoms with E-state index in [-0.39, 0.29) is 5.78 Å². The van der Waals surface area contributed by atoms with Crippen LogP contribution in [0.15, 0.2) is 48.5 Å². The van der Waals surface area contributed by atoms with E-state index in [1.165, 1.54) is 0 Å². The maximum atomic E-state index is 12.7. The highest BCUT2D eigenvalue weighted by atomic mass is 16.5. The molecular formula is C29H26N2O3. The summed E-state index contributed by atoms with van der Waals surface area (Å²) in [5.41, 5.74) is 5.04. The van der Waals surface area contributed by atoms with Crippen molar-refractivity contribution in [1.82, 2.24) is 9.97 Å². The van der Waals surface area contributed by atoms with Crippen LogP contribution in [-0.4, -0.2) is 32.6 Å². The van der Waals surface area contributed by atoms with Gasteiger partial charge in [-0.2, -0.15) is 0 Å². The fourth-order valence-corrected chi connectivity index (χ4v) is 4.98. The fourth-order valence-electron chi connectivity index (χ4n) is 4.98. The number of benzene rings is 3. The lowest BCUT2D eigenvalue weighted by atomic mass is 9.88. The highest BCUT2D eigenvalue weighted by Gasteiger charge is 2.38. The second kappa shape index (κ2) is 7.74. The summed E-state index contributed by atoms with van der Waals surface area (Å²) in [4.78, 5) is 22.7. The van der Waals surface area contributed by atoms with E-state index in [4.69, 9.17) is 14.7 Å². The molecule has 3 aromatic carbocycles. The number of Topliss-reactive ketones (excluding diaryl/α,β-unsaturated/α-hetero) is 1. The third kappa shape index (κ3) is 3.39. The van der Waals surface area contributed by atoms with Crippen LogP contribution in [0.5, 0.6) is 5.75 Å². The average molecular weight is 451 g/mol. The zero-order chi connectivity index (χ0) is 23.4. The molecule has 0 saturated carbocycles. The van der Waals surface area contributed by atoms with E-state index in [9.17, 15) is 9.90 Å². The quantitative estimate of drug-likeness (QED) is 0.381. The molecule has 6 rings (SSSR count). The van der Waals surface area contributed by atoms with Crippen LogP contribution < -0.4 is 15.2 Å². The van der Waals surface area contributed by atoms with Crippen molar-refractivity contribution in [2.24, 2.45) is 0 Å². The monoisotopic (exact) mass is 450 g/mol. The molecule has 1 unspecified atom stereocenters. The van der Waals surface area contributed by atoms with Crippen LogP contribution in [0.3, 0.4) is 0 Å². The van der Waals surface area contributed by atoms with Crippen LogP contribution in [-0.2, 0) is 12.8 Å². The second-order valence-electron chi connectivity index (χ2n) is 9.76. The summed E-state index contributed by atoms with van der Waals surface area (Å²) in [5, 5.41) is 12.9. The molecule has 1 aliphatic heterocycles. The Labute approximate surface area is 197 Å². The molecule has 5 nitrogen and oxygen atoms in total. The molecule has 0 radical (unpaired) electrons. The number of carbonyl (C=O) groups excluding carboxylic acids is 1. The number of ketones is 1. The van der Waals surface area contributed by atoms with Gasteiger partial charge in [0, 0.05) is 34.4 Å². The van der Waals surface area contributed by atoms with Gasteiger partial charge in [-0.3, -0.25) is 4.79 Å². The Morgan fingerprint density at radius 3 is 2.53 bits per heavy atom. The van der Waals surface area contributed by atoms with Crippen molar-refractivity contribution >= 4 is 40.0 Å². The lowest BCUT2D eigenvalue weighted by molar-refractivity contribution is -0.0414. The van der Waals surface area contributed by atoms with E-state index < -0.39 is 11.7 Å². The lowest BCUT2D eigenvalue weighted by Crippen LogP contribution is -2.49. The first-order chi connectivity index (χ1) is 16.4. The third-order valence-electron chi connectivity index (χ3n) is 6.97. The minimum atomic E-state index is -0.662. The molecule has 0 saturated heterocycles. The minimum absolute atomic E-state index is 0.0804. The van der Waals surface area contributed by atoms with Gasteiger partial charge >= 0.3 is 0 Å². The maximum absolute atomic E-state index is 12.7. The topological polar surface area (TPSA) is 72.3 Å². The molecule has 0 amide bonds. The molecule has 5 heteroatoms. The first-order valence-electron chi connectivity index (χ1n) is 11.8. The first kappa shape index (κ1) is 21.0. The summed E-state index contributed by atoms with van der Waals surface area (Å²) in [6, 6.07) is 15.2. The number of aromatic nitrogens is 2. The predicted octanol–water partition coefficient (Wildman–Crippen LogP) is 3.64. The van der Waals surface area contributed by atoms with E-state index in [1.807, 2.05) is 62.4 Å². The summed E-state index contributed by atoms with van der Waals surface area (Å²) in [6.07, 6.45) is 6.48. The number of hydrogen-bond donors (Lipinski definition) is 1. The molecule has 1 N–H and O–H groups in total. The molecule has 170 valence electrons. The maximum Gasteiger partial charge on any atom is 0.167 e. The van der Waals surface area contributed by atoms with Crippen LogP contribution in [0.4, 0.5) is 0 Å². The average Bonchev–Trinajstić information content (AvgIpc) is 2.85. The summed E-state index contributed by atoms with van der Waals surface area (Å²) in [5.74, 6) is 0.907. The number of carbonyl (C=O) groups is 1. The van der Waals surface area contributed by atoms with Crippen LogP contribution in [0, 0.1) is 0 Å². The minimum Gasteiger partial charge on any atom is -0.484 e. The normalized spacial score (nSPS) is 18.4. The number of rotatable bonds is 3. The summed E-state index contributed by atoms with van der Waals surface area (Å²) in [7, 11) is 0. The Kier molecular flexibility index (Phi) is 4.78. The van der Waals surface area contributed by atoms with E-state index in [0.29, 0.717) is 18.4 Å². The standard InChI is InChI=1S/C29H26N2O3/c1-29(2)25(33)16-21-27-26(19-10-6-7-11-20(19)28(21)34-29)31-23-14-17(12-13-22(23)30-27)15-24(32)18-8-4-3-5-9-18/h3-5,8-14,25,33H,6-7,15-16H2,1-2H3. The van der Waals surface area contributed by atoms with Crippen LogP contribution in [0.25, 0.3) is 34.2 Å². The van der Waals surface area contributed by atoms with Crippen LogP contribution in [0.2, 0.25) is 0 Å². The van der Waals surface area contributed by atoms with Crippen molar-refractivity contribution < 1.29 is 14.6 Å². The van der Waals surface area contributed by atoms with E-state index in [1.54, 1.807) is 0 Å². The van der Waals surface area contributed by atoms with Gasteiger partial charge in [0.25, 0.3) is 0 Å². The van der Waals surface area contributed by atoms with Crippen molar-refractivity contribution in [2.75, 3.05) is 0 Å². The van der Waals surface area contributed by atoms with Gasteiger partial charge in [-0.15, -0.1) is 0 Å². The SMILES string of the molecule is CC1(C)Oc2c(c3nc4ccc(CC(=O)c5ccccc5)cc4nc3c3c2=CCCC=3)CC1O. The third-order valence-corrected chi connectivity index (χ3v) is 6.97. The van der Waals surface area contributed by atoms with E-state index in [2.05, 4.69) is 12.2 Å². The number of fused-ring (bicyclic) bond motifs is 7. The van der Waals surface area contributed by atoms with Crippen LogP contribution >= 0.6 is 0 Å². The Bertz CT molecular complexity index is 1590. The lowest BCUT2D eigenvalue weighted by Gasteiger charge is -2.37. The molecule has 0 fully saturated rings. The van der Waals surface area contributed by atoms with Crippen molar-refractivity contribution in [2.45, 2.75) is 51.2 Å². The number of hydrogen-bond acceptors (Lipinski definition) is 5. The summed E-state index contributed by atoms with van der Waals surface area (Å²) >= 11 is 0. The zero-order valence-corrected chi connectivity index (χ0v) is 19.3. The Morgan fingerprint density at radius 1 is 1.00 bits per heavy atom. The first-order valence-corrected chi connectivity index (χ1v) is 11.8. The Morgan fingerprint density at radius 2 is 1.74 bits per heavy atom. The molecule has 2 heterocycles. The van der Waals surface area contributed by atoms with Crippen molar-refractivity contribution in [3.8, 4) is 5.75 Å². The van der Waals surface area contributed by atoms with Gasteiger partial charge in [-0.1, -0.05) is 48.6 Å². The van der Waals surface area contributed by atoms with Gasteiger partial charge in [0.1, 0.15) is 11.4 Å². The number of ether oxygens (including phenoxy) is 1. The summed E-state index contributed by atoms with van der Waals surface area (Å²) in [6.45, 7) is 3.85. The van der Waals surface area contributed by atoms with Gasteiger partial charge < -0.3 is 9.84 Å². The largest absolute Gasteiger partial charge is 0.484 e. The molecular weight excluding hydrogens is 424 g/mol. The highest BCUT2D eigenvalue weighted by molar-refractivity contribution is 5.98. The number of aliphatic hydroxyl groups is 1. The zero-order valence-electron chi connectivity index (χ0n) is 19.3. The van der Waals surface area contributed by atoms with Gasteiger partial charge in [0.2, 0.25) is 0 Å². The van der Waals surface area contributed by atoms with Crippen LogP contribution in [0.1, 0.15) is 48.2 Å².